The van der Waals surface area contributed by atoms with Crippen LogP contribution in [0.5, 0.6) is 5.75 Å². The number of aromatic nitrogens is 1. The molecule has 0 aliphatic heterocycles. The molecule has 0 saturated carbocycles. The number of benzene rings is 3. The number of fused-ring (bicyclic) bond motifs is 1. The largest absolute Gasteiger partial charge is 0.495 e. The fourth-order valence-corrected chi connectivity index (χ4v) is 4.62. The molecule has 0 radical (unpaired) electrons. The van der Waals surface area contributed by atoms with Gasteiger partial charge in [0.15, 0.2) is 5.78 Å². The first-order valence-corrected chi connectivity index (χ1v) is 12.8. The highest BCUT2D eigenvalue weighted by molar-refractivity contribution is 7.92. The fraction of sp³-hybridized carbons (Fsp3) is 0.192. The van der Waals surface area contributed by atoms with Crippen molar-refractivity contribution in [1.82, 2.24) is 4.98 Å². The van der Waals surface area contributed by atoms with E-state index in [1.54, 1.807) is 24.4 Å². The lowest BCUT2D eigenvalue weighted by Gasteiger charge is -2.20. The van der Waals surface area contributed by atoms with E-state index in [-0.39, 0.29) is 11.5 Å². The van der Waals surface area contributed by atoms with Gasteiger partial charge in [-0.15, -0.1) is 0 Å². The van der Waals surface area contributed by atoms with Gasteiger partial charge in [-0.1, -0.05) is 55.5 Å². The summed E-state index contributed by atoms with van der Waals surface area (Å²) >= 11 is 0. The first kappa shape index (κ1) is 23.4. The van der Waals surface area contributed by atoms with E-state index in [0.717, 1.165) is 34.7 Å². The minimum absolute atomic E-state index is 0.0980. The van der Waals surface area contributed by atoms with Gasteiger partial charge in [0.05, 0.1) is 19.1 Å². The second kappa shape index (κ2) is 9.61. The predicted molar refractivity (Wildman–Crippen MR) is 136 cm³/mol. The van der Waals surface area contributed by atoms with Crippen LogP contribution in [0.2, 0.25) is 0 Å². The molecule has 3 N–H and O–H groups in total. The Kier molecular flexibility index (Phi) is 6.61. The number of sulfonamides is 1. The number of ketones is 1. The number of aromatic amines is 1. The topological polar surface area (TPSA) is 100 Å². The molecule has 176 valence electrons. The minimum atomic E-state index is -3.52. The summed E-state index contributed by atoms with van der Waals surface area (Å²) in [6, 6.07) is 19.7. The van der Waals surface area contributed by atoms with Gasteiger partial charge in [0, 0.05) is 28.4 Å². The van der Waals surface area contributed by atoms with Crippen molar-refractivity contribution >= 4 is 38.1 Å². The van der Waals surface area contributed by atoms with Crippen molar-refractivity contribution in [3.05, 3.63) is 89.6 Å². The Balaban J connectivity index is 1.76. The molecular formula is C26H27N3O4S. The molecule has 0 aliphatic carbocycles. The summed E-state index contributed by atoms with van der Waals surface area (Å²) in [5, 5.41) is 4.18. The number of carbonyl (C=O) groups is 1. The van der Waals surface area contributed by atoms with Crippen molar-refractivity contribution in [3.63, 3.8) is 0 Å². The van der Waals surface area contributed by atoms with Gasteiger partial charge >= 0.3 is 0 Å². The normalized spacial score (nSPS) is 12.3. The molecule has 0 amide bonds. The zero-order valence-electron chi connectivity index (χ0n) is 19.3. The van der Waals surface area contributed by atoms with Crippen LogP contribution in [0.25, 0.3) is 10.9 Å². The SMILES string of the molecule is CCc1cccc2c(C(=O)C(Nc3ccc(OC)c(NS(C)(=O)=O)c3)c3ccccc3)c[nH]c12. The first-order valence-electron chi connectivity index (χ1n) is 10.9. The van der Waals surface area contributed by atoms with Gasteiger partial charge < -0.3 is 15.0 Å². The summed E-state index contributed by atoms with van der Waals surface area (Å²) in [5.74, 6) is 0.279. The minimum Gasteiger partial charge on any atom is -0.495 e. The number of anilines is 2. The molecule has 3 aromatic carbocycles. The summed E-state index contributed by atoms with van der Waals surface area (Å²) in [5.41, 5.74) is 4.35. The summed E-state index contributed by atoms with van der Waals surface area (Å²) < 4.78 is 31.4. The van der Waals surface area contributed by atoms with Gasteiger partial charge in [0.25, 0.3) is 0 Å². The summed E-state index contributed by atoms with van der Waals surface area (Å²) in [7, 11) is -2.05. The number of hydrogen-bond acceptors (Lipinski definition) is 5. The maximum absolute atomic E-state index is 13.8. The van der Waals surface area contributed by atoms with Crippen LogP contribution in [-0.2, 0) is 16.4 Å². The maximum atomic E-state index is 13.8. The number of rotatable bonds is 9. The van der Waals surface area contributed by atoms with E-state index >= 15 is 0 Å². The van der Waals surface area contributed by atoms with Gasteiger partial charge in [-0.3, -0.25) is 9.52 Å². The zero-order chi connectivity index (χ0) is 24.3. The second-order valence-corrected chi connectivity index (χ2v) is 9.79. The van der Waals surface area contributed by atoms with Crippen LogP contribution in [0, 0.1) is 0 Å². The van der Waals surface area contributed by atoms with E-state index in [9.17, 15) is 13.2 Å². The van der Waals surface area contributed by atoms with Crippen LogP contribution in [0.15, 0.2) is 72.9 Å². The summed E-state index contributed by atoms with van der Waals surface area (Å²) in [6.07, 6.45) is 3.69. The molecule has 1 atom stereocenters. The second-order valence-electron chi connectivity index (χ2n) is 8.04. The molecule has 1 aromatic heterocycles. The van der Waals surface area contributed by atoms with Crippen LogP contribution in [0.1, 0.15) is 34.5 Å². The van der Waals surface area contributed by atoms with Crippen molar-refractivity contribution in [2.24, 2.45) is 0 Å². The Labute approximate surface area is 199 Å². The van der Waals surface area contributed by atoms with Crippen LogP contribution >= 0.6 is 0 Å². The Morgan fingerprint density at radius 3 is 2.50 bits per heavy atom. The number of aryl methyl sites for hydroxylation is 1. The lowest BCUT2D eigenvalue weighted by molar-refractivity contribution is 0.0971. The number of para-hydroxylation sites is 1. The summed E-state index contributed by atoms with van der Waals surface area (Å²) in [6.45, 7) is 2.08. The number of ether oxygens (including phenoxy) is 1. The highest BCUT2D eigenvalue weighted by atomic mass is 32.2. The average Bonchev–Trinajstić information content (AvgIpc) is 3.26. The number of methoxy groups -OCH3 is 1. The van der Waals surface area contributed by atoms with Gasteiger partial charge in [-0.2, -0.15) is 0 Å². The van der Waals surface area contributed by atoms with Gasteiger partial charge in [0.1, 0.15) is 11.8 Å². The molecule has 1 unspecified atom stereocenters. The van der Waals surface area contributed by atoms with Crippen molar-refractivity contribution in [2.45, 2.75) is 19.4 Å². The monoisotopic (exact) mass is 477 g/mol. The van der Waals surface area contributed by atoms with Crippen LogP contribution in [-0.4, -0.2) is 32.6 Å². The molecule has 0 saturated heterocycles. The zero-order valence-corrected chi connectivity index (χ0v) is 20.1. The van der Waals surface area contributed by atoms with Gasteiger partial charge in [0.2, 0.25) is 10.0 Å². The van der Waals surface area contributed by atoms with Crippen LogP contribution < -0.4 is 14.8 Å². The molecule has 4 rings (SSSR count). The van der Waals surface area contributed by atoms with E-state index in [4.69, 9.17) is 4.74 Å². The molecular weight excluding hydrogens is 450 g/mol. The van der Waals surface area contributed by atoms with E-state index in [0.29, 0.717) is 17.0 Å². The smallest absolute Gasteiger partial charge is 0.229 e. The third kappa shape index (κ3) is 4.92. The summed E-state index contributed by atoms with van der Waals surface area (Å²) in [4.78, 5) is 17.1. The Morgan fingerprint density at radius 1 is 1.06 bits per heavy atom. The molecule has 0 fully saturated rings. The van der Waals surface area contributed by atoms with E-state index in [1.807, 2.05) is 48.5 Å². The Hall–Kier alpha value is -3.78. The molecule has 0 bridgehead atoms. The van der Waals surface area contributed by atoms with Crippen LogP contribution in [0.4, 0.5) is 11.4 Å². The number of hydrogen-bond donors (Lipinski definition) is 3. The Bertz CT molecular complexity index is 1430. The Morgan fingerprint density at radius 2 is 1.82 bits per heavy atom. The van der Waals surface area contributed by atoms with Crippen molar-refractivity contribution in [2.75, 3.05) is 23.4 Å². The van der Waals surface area contributed by atoms with Crippen molar-refractivity contribution in [3.8, 4) is 5.75 Å². The van der Waals surface area contributed by atoms with Gasteiger partial charge in [-0.05, 0) is 35.7 Å². The van der Waals surface area contributed by atoms with E-state index in [2.05, 4.69) is 21.9 Å². The number of Topliss-reactive ketones (excluding diaryl/α,β-unsaturated/α-hetero) is 1. The molecule has 8 heteroatoms. The highest BCUT2D eigenvalue weighted by Crippen LogP contribution is 2.33. The third-order valence-corrected chi connectivity index (χ3v) is 6.24. The molecule has 34 heavy (non-hydrogen) atoms. The van der Waals surface area contributed by atoms with Crippen LogP contribution in [0.3, 0.4) is 0 Å². The number of nitrogens with one attached hydrogen (secondary N) is 3. The van der Waals surface area contributed by atoms with Crippen molar-refractivity contribution < 1.29 is 17.9 Å². The fourth-order valence-electron chi connectivity index (χ4n) is 4.06. The average molecular weight is 478 g/mol. The molecule has 1 heterocycles. The number of carbonyl (C=O) groups excluding carboxylic acids is 1. The molecule has 7 nitrogen and oxygen atoms in total. The van der Waals surface area contributed by atoms with Gasteiger partial charge in [-0.25, -0.2) is 8.42 Å². The number of H-pyrrole nitrogens is 1. The molecule has 4 aromatic rings. The molecule has 0 aliphatic rings. The lowest BCUT2D eigenvalue weighted by atomic mass is 9.96. The van der Waals surface area contributed by atoms with E-state index < -0.39 is 16.1 Å². The lowest BCUT2D eigenvalue weighted by Crippen LogP contribution is -2.21. The predicted octanol–water partition coefficient (Wildman–Crippen LogP) is 5.15. The first-order chi connectivity index (χ1) is 16.3. The van der Waals surface area contributed by atoms with E-state index in [1.165, 1.54) is 7.11 Å². The third-order valence-electron chi connectivity index (χ3n) is 5.65. The standard InChI is InChI=1S/C26H27N3O4S/c1-4-17-11-8-12-20-21(16-27-24(17)20)26(30)25(18-9-6-5-7-10-18)28-19-13-14-23(33-2)22(15-19)29-34(3,31)32/h5-16,25,27-29H,4H2,1-3H3. The highest BCUT2D eigenvalue weighted by Gasteiger charge is 2.25. The van der Waals surface area contributed by atoms with Crippen molar-refractivity contribution in [1.29, 1.82) is 0 Å². The quantitative estimate of drug-likeness (QED) is 0.290. The molecule has 0 spiro atoms. The maximum Gasteiger partial charge on any atom is 0.229 e.